The molecule has 0 atom stereocenters. The van der Waals surface area contributed by atoms with E-state index < -0.39 is 0 Å². The van der Waals surface area contributed by atoms with E-state index >= 15 is 0 Å². The van der Waals surface area contributed by atoms with Crippen LogP contribution in [0.1, 0.15) is 21.7 Å². The molecule has 24 heavy (non-hydrogen) atoms. The lowest BCUT2D eigenvalue weighted by molar-refractivity contribution is 0.0945. The number of anilines is 1. The van der Waals surface area contributed by atoms with E-state index in [0.717, 1.165) is 11.3 Å². The number of hydrogen-bond acceptors (Lipinski definition) is 6. The SMILES string of the molecule is O=C(NCc1ccccn1)c1ccnc(NCc2cccnc2)n1. The second kappa shape index (κ2) is 7.77. The Morgan fingerprint density at radius 1 is 0.958 bits per heavy atom. The average Bonchev–Trinajstić information content (AvgIpc) is 2.66. The Kier molecular flexibility index (Phi) is 5.03. The van der Waals surface area contributed by atoms with E-state index in [1.165, 1.54) is 0 Å². The highest BCUT2D eigenvalue weighted by molar-refractivity contribution is 5.92. The third-order valence-electron chi connectivity index (χ3n) is 3.22. The minimum Gasteiger partial charge on any atom is -0.350 e. The topological polar surface area (TPSA) is 92.7 Å². The smallest absolute Gasteiger partial charge is 0.270 e. The average molecular weight is 320 g/mol. The molecule has 120 valence electrons. The van der Waals surface area contributed by atoms with E-state index in [1.807, 2.05) is 30.3 Å². The van der Waals surface area contributed by atoms with Gasteiger partial charge >= 0.3 is 0 Å². The molecule has 0 unspecified atom stereocenters. The van der Waals surface area contributed by atoms with E-state index in [-0.39, 0.29) is 5.91 Å². The summed E-state index contributed by atoms with van der Waals surface area (Å²) in [6, 6.07) is 10.9. The van der Waals surface area contributed by atoms with Gasteiger partial charge in [-0.2, -0.15) is 0 Å². The van der Waals surface area contributed by atoms with Gasteiger partial charge in [-0.25, -0.2) is 9.97 Å². The second-order valence-electron chi connectivity index (χ2n) is 4.98. The number of amides is 1. The van der Waals surface area contributed by atoms with Crippen molar-refractivity contribution in [2.75, 3.05) is 5.32 Å². The van der Waals surface area contributed by atoms with Crippen molar-refractivity contribution in [2.24, 2.45) is 0 Å². The van der Waals surface area contributed by atoms with Gasteiger partial charge in [-0.1, -0.05) is 12.1 Å². The molecule has 7 heteroatoms. The molecule has 0 fully saturated rings. The maximum Gasteiger partial charge on any atom is 0.270 e. The summed E-state index contributed by atoms with van der Waals surface area (Å²) >= 11 is 0. The molecule has 0 aliphatic heterocycles. The van der Waals surface area contributed by atoms with Crippen molar-refractivity contribution in [3.05, 3.63) is 78.1 Å². The van der Waals surface area contributed by atoms with Crippen LogP contribution in [0.15, 0.2) is 61.2 Å². The molecule has 0 aromatic carbocycles. The van der Waals surface area contributed by atoms with Crippen molar-refractivity contribution >= 4 is 11.9 Å². The third kappa shape index (κ3) is 4.33. The molecule has 0 saturated heterocycles. The van der Waals surface area contributed by atoms with E-state index in [0.29, 0.717) is 24.7 Å². The van der Waals surface area contributed by atoms with Gasteiger partial charge in [-0.15, -0.1) is 0 Å². The number of aromatic nitrogens is 4. The minimum absolute atomic E-state index is 0.271. The molecule has 1 amide bonds. The molecule has 0 spiro atoms. The lowest BCUT2D eigenvalue weighted by Gasteiger charge is -2.07. The van der Waals surface area contributed by atoms with Crippen molar-refractivity contribution in [2.45, 2.75) is 13.1 Å². The van der Waals surface area contributed by atoms with Crippen LogP contribution in [0.5, 0.6) is 0 Å². The van der Waals surface area contributed by atoms with Gasteiger partial charge in [0.1, 0.15) is 5.69 Å². The Morgan fingerprint density at radius 2 is 1.92 bits per heavy atom. The first-order valence-corrected chi connectivity index (χ1v) is 7.45. The van der Waals surface area contributed by atoms with Gasteiger partial charge in [0.15, 0.2) is 0 Å². The summed E-state index contributed by atoms with van der Waals surface area (Å²) in [6.07, 6.45) is 6.71. The van der Waals surface area contributed by atoms with Crippen molar-refractivity contribution in [3.63, 3.8) is 0 Å². The highest BCUT2D eigenvalue weighted by Gasteiger charge is 2.08. The quantitative estimate of drug-likeness (QED) is 0.719. The molecular formula is C17H16N6O. The van der Waals surface area contributed by atoms with Gasteiger partial charge in [0.05, 0.1) is 12.2 Å². The largest absolute Gasteiger partial charge is 0.350 e. The van der Waals surface area contributed by atoms with Gasteiger partial charge in [-0.3, -0.25) is 14.8 Å². The van der Waals surface area contributed by atoms with Crippen molar-refractivity contribution in [1.29, 1.82) is 0 Å². The van der Waals surface area contributed by atoms with Crippen LogP contribution in [-0.2, 0) is 13.1 Å². The fourth-order valence-corrected chi connectivity index (χ4v) is 2.02. The Bertz CT molecular complexity index is 794. The summed E-state index contributed by atoms with van der Waals surface area (Å²) in [4.78, 5) is 28.7. The molecule has 3 aromatic heterocycles. The molecule has 3 aromatic rings. The Labute approximate surface area is 139 Å². The van der Waals surface area contributed by atoms with Crippen LogP contribution < -0.4 is 10.6 Å². The summed E-state index contributed by atoms with van der Waals surface area (Å²) in [5, 5.41) is 5.86. The number of pyridine rings is 2. The van der Waals surface area contributed by atoms with Crippen LogP contribution >= 0.6 is 0 Å². The van der Waals surface area contributed by atoms with Gasteiger partial charge in [0.2, 0.25) is 5.95 Å². The van der Waals surface area contributed by atoms with Gasteiger partial charge < -0.3 is 10.6 Å². The molecule has 0 aliphatic carbocycles. The number of rotatable bonds is 6. The standard InChI is InChI=1S/C17H16N6O/c24-16(21-12-14-5-1-2-8-19-14)15-6-9-20-17(23-15)22-11-13-4-3-7-18-10-13/h1-10H,11-12H2,(H,21,24)(H,20,22,23). The van der Waals surface area contributed by atoms with Gasteiger partial charge in [0, 0.05) is 31.3 Å². The molecule has 0 saturated carbocycles. The van der Waals surface area contributed by atoms with Gasteiger partial charge in [-0.05, 0) is 29.8 Å². The molecule has 0 radical (unpaired) electrons. The Hall–Kier alpha value is -3.35. The first-order chi connectivity index (χ1) is 11.8. The van der Waals surface area contributed by atoms with E-state index in [9.17, 15) is 4.79 Å². The first-order valence-electron chi connectivity index (χ1n) is 7.45. The minimum atomic E-state index is -0.271. The summed E-state index contributed by atoms with van der Waals surface area (Å²) < 4.78 is 0. The molecule has 7 nitrogen and oxygen atoms in total. The normalized spacial score (nSPS) is 10.2. The lowest BCUT2D eigenvalue weighted by Crippen LogP contribution is -2.24. The summed E-state index contributed by atoms with van der Waals surface area (Å²) in [5.74, 6) is 0.122. The van der Waals surface area contributed by atoms with Gasteiger partial charge in [0.25, 0.3) is 5.91 Å². The number of carbonyl (C=O) groups is 1. The van der Waals surface area contributed by atoms with E-state index in [2.05, 4.69) is 30.6 Å². The highest BCUT2D eigenvalue weighted by atomic mass is 16.1. The predicted octanol–water partition coefficient (Wildman–Crippen LogP) is 1.81. The molecule has 0 bridgehead atoms. The van der Waals surface area contributed by atoms with E-state index in [1.54, 1.807) is 30.9 Å². The molecule has 0 aliphatic rings. The van der Waals surface area contributed by atoms with Crippen LogP contribution in [0.4, 0.5) is 5.95 Å². The number of nitrogens with one attached hydrogen (secondary N) is 2. The van der Waals surface area contributed by atoms with Crippen LogP contribution in [0.25, 0.3) is 0 Å². The molecule has 3 heterocycles. The number of carbonyl (C=O) groups excluding carboxylic acids is 1. The maximum absolute atomic E-state index is 12.2. The lowest BCUT2D eigenvalue weighted by atomic mass is 10.3. The number of hydrogen-bond donors (Lipinski definition) is 2. The fraction of sp³-hybridized carbons (Fsp3) is 0.118. The van der Waals surface area contributed by atoms with Crippen LogP contribution in [0, 0.1) is 0 Å². The predicted molar refractivity (Wildman–Crippen MR) is 89.0 cm³/mol. The zero-order valence-electron chi connectivity index (χ0n) is 12.9. The monoisotopic (exact) mass is 320 g/mol. The first kappa shape index (κ1) is 15.5. The second-order valence-corrected chi connectivity index (χ2v) is 4.98. The molecule has 2 N–H and O–H groups in total. The van der Waals surface area contributed by atoms with Crippen LogP contribution in [0.2, 0.25) is 0 Å². The van der Waals surface area contributed by atoms with Crippen molar-refractivity contribution in [1.82, 2.24) is 25.3 Å². The van der Waals surface area contributed by atoms with Crippen molar-refractivity contribution < 1.29 is 4.79 Å². The maximum atomic E-state index is 12.2. The number of nitrogens with zero attached hydrogens (tertiary/aromatic N) is 4. The van der Waals surface area contributed by atoms with Crippen LogP contribution in [-0.4, -0.2) is 25.8 Å². The summed E-state index contributed by atoms with van der Waals surface area (Å²) in [5.41, 5.74) is 2.09. The highest BCUT2D eigenvalue weighted by Crippen LogP contribution is 2.04. The Morgan fingerprint density at radius 3 is 2.71 bits per heavy atom. The Balaban J connectivity index is 1.59. The fourth-order valence-electron chi connectivity index (χ4n) is 2.02. The zero-order valence-corrected chi connectivity index (χ0v) is 12.9. The summed E-state index contributed by atoms with van der Waals surface area (Å²) in [7, 11) is 0. The summed E-state index contributed by atoms with van der Waals surface area (Å²) in [6.45, 7) is 0.884. The van der Waals surface area contributed by atoms with E-state index in [4.69, 9.17) is 0 Å². The van der Waals surface area contributed by atoms with Crippen molar-refractivity contribution in [3.8, 4) is 0 Å². The van der Waals surface area contributed by atoms with Crippen LogP contribution in [0.3, 0.4) is 0 Å². The third-order valence-corrected chi connectivity index (χ3v) is 3.22. The zero-order chi connectivity index (χ0) is 16.6. The molecule has 3 rings (SSSR count). The molecular weight excluding hydrogens is 304 g/mol.